The maximum atomic E-state index is 5.02. The molecule has 1 aliphatic rings. The summed E-state index contributed by atoms with van der Waals surface area (Å²) in [6, 6.07) is 0. The molecule has 0 saturated carbocycles. The van der Waals surface area contributed by atoms with Crippen molar-refractivity contribution in [3.63, 3.8) is 0 Å². The third kappa shape index (κ3) is 1.13. The minimum atomic E-state index is 0.522. The fourth-order valence-electron chi connectivity index (χ4n) is 0.517. The number of hydrogen-bond donors (Lipinski definition) is 0. The second kappa shape index (κ2) is 2.57. The highest BCUT2D eigenvalue weighted by Gasteiger charge is 2.01. The minimum Gasteiger partial charge on any atom is -0.477 e. The number of ether oxygens (including phenoxy) is 1. The first-order valence-electron chi connectivity index (χ1n) is 2.61. The fourth-order valence-corrected chi connectivity index (χ4v) is 0.517. The Morgan fingerprint density at radius 2 is 2.75 bits per heavy atom. The van der Waals surface area contributed by atoms with Crippen molar-refractivity contribution in [1.29, 1.82) is 0 Å². The van der Waals surface area contributed by atoms with E-state index >= 15 is 0 Å². The van der Waals surface area contributed by atoms with Crippen molar-refractivity contribution in [2.24, 2.45) is 0 Å². The van der Waals surface area contributed by atoms with Crippen LogP contribution >= 0.6 is 0 Å². The van der Waals surface area contributed by atoms with Crippen LogP contribution in [0.25, 0.3) is 0 Å². The second-order valence-corrected chi connectivity index (χ2v) is 1.42. The van der Waals surface area contributed by atoms with Crippen molar-refractivity contribution in [2.45, 2.75) is 6.92 Å². The molecular weight excluding hydrogens is 106 g/mol. The highest BCUT2D eigenvalue weighted by molar-refractivity contribution is 4.73. The lowest BCUT2D eigenvalue weighted by Gasteiger charge is -2.10. The number of hydrogen-bond acceptors (Lipinski definition) is 3. The van der Waals surface area contributed by atoms with Gasteiger partial charge in [0.15, 0.2) is 6.73 Å². The van der Waals surface area contributed by atoms with E-state index in [0.717, 1.165) is 0 Å². The average molecular weight is 115 g/mol. The molecule has 0 spiro atoms. The summed E-state index contributed by atoms with van der Waals surface area (Å²) in [6.45, 7) is 3.15. The molecule has 0 aromatic rings. The quantitative estimate of drug-likeness (QED) is 0.528. The Morgan fingerprint density at radius 3 is 3.25 bits per heavy atom. The van der Waals surface area contributed by atoms with E-state index in [2.05, 4.69) is 0 Å². The lowest BCUT2D eigenvalue weighted by atomic mass is 10.9. The molecule has 0 fully saturated rings. The molecule has 0 N–H and O–H groups in total. The number of rotatable bonds is 2. The monoisotopic (exact) mass is 115 g/mol. The van der Waals surface area contributed by atoms with Crippen LogP contribution in [0.15, 0.2) is 12.5 Å². The van der Waals surface area contributed by atoms with Gasteiger partial charge in [0.05, 0.1) is 12.8 Å². The summed E-state index contributed by atoms with van der Waals surface area (Å²) in [5.74, 6) is 0. The highest BCUT2D eigenvalue weighted by atomic mass is 16.7. The van der Waals surface area contributed by atoms with Gasteiger partial charge in [-0.25, -0.2) is 5.06 Å². The molecule has 1 heterocycles. The Labute approximate surface area is 48.4 Å². The summed E-state index contributed by atoms with van der Waals surface area (Å²) in [4.78, 5) is 5.02. The third-order valence-corrected chi connectivity index (χ3v) is 0.820. The molecule has 0 saturated heterocycles. The number of hydroxylamine groups is 2. The standard InChI is InChI=1S/C5H9NO2/c1-2-8-6-3-4-7-5-6/h3-4H,2,5H2,1H3. The van der Waals surface area contributed by atoms with Gasteiger partial charge in [-0.1, -0.05) is 0 Å². The first-order chi connectivity index (χ1) is 3.93. The van der Waals surface area contributed by atoms with E-state index in [1.807, 2.05) is 6.92 Å². The van der Waals surface area contributed by atoms with E-state index in [4.69, 9.17) is 9.57 Å². The molecule has 0 aliphatic carbocycles. The molecule has 46 valence electrons. The molecule has 8 heavy (non-hydrogen) atoms. The molecule has 3 nitrogen and oxygen atoms in total. The predicted octanol–water partition coefficient (Wildman–Crippen LogP) is 0.699. The topological polar surface area (TPSA) is 21.7 Å². The Kier molecular flexibility index (Phi) is 1.75. The van der Waals surface area contributed by atoms with Crippen molar-refractivity contribution < 1.29 is 9.57 Å². The van der Waals surface area contributed by atoms with Crippen molar-refractivity contribution in [1.82, 2.24) is 5.06 Å². The first-order valence-corrected chi connectivity index (χ1v) is 2.61. The van der Waals surface area contributed by atoms with Gasteiger partial charge in [0.25, 0.3) is 0 Å². The van der Waals surface area contributed by atoms with Crippen molar-refractivity contribution in [3.8, 4) is 0 Å². The van der Waals surface area contributed by atoms with Gasteiger partial charge in [-0.3, -0.25) is 4.84 Å². The summed E-state index contributed by atoms with van der Waals surface area (Å²) in [5.41, 5.74) is 0. The zero-order valence-electron chi connectivity index (χ0n) is 4.83. The summed E-state index contributed by atoms with van der Waals surface area (Å²) >= 11 is 0. The van der Waals surface area contributed by atoms with Crippen LogP contribution in [-0.2, 0) is 9.57 Å². The van der Waals surface area contributed by atoms with Crippen LogP contribution in [-0.4, -0.2) is 18.4 Å². The maximum absolute atomic E-state index is 5.02. The Hall–Kier alpha value is -0.700. The van der Waals surface area contributed by atoms with Crippen LogP contribution in [0, 0.1) is 0 Å². The largest absolute Gasteiger partial charge is 0.477 e. The van der Waals surface area contributed by atoms with Crippen LogP contribution in [0.2, 0.25) is 0 Å². The lowest BCUT2D eigenvalue weighted by molar-refractivity contribution is -0.140. The zero-order chi connectivity index (χ0) is 5.82. The van der Waals surface area contributed by atoms with Crippen molar-refractivity contribution >= 4 is 0 Å². The van der Waals surface area contributed by atoms with E-state index in [-0.39, 0.29) is 0 Å². The van der Waals surface area contributed by atoms with Crippen molar-refractivity contribution in [3.05, 3.63) is 12.5 Å². The van der Waals surface area contributed by atoms with E-state index in [1.54, 1.807) is 17.5 Å². The average Bonchev–Trinajstić information content (AvgIpc) is 2.19. The van der Waals surface area contributed by atoms with Gasteiger partial charge in [0, 0.05) is 0 Å². The van der Waals surface area contributed by atoms with Crippen LogP contribution in [0.1, 0.15) is 6.92 Å². The molecule has 1 aliphatic heterocycles. The van der Waals surface area contributed by atoms with Gasteiger partial charge in [0.2, 0.25) is 0 Å². The normalized spacial score (nSPS) is 16.9. The summed E-state index contributed by atoms with van der Waals surface area (Å²) < 4.78 is 4.83. The van der Waals surface area contributed by atoms with Crippen LogP contribution < -0.4 is 0 Å². The molecule has 0 amide bonds. The maximum Gasteiger partial charge on any atom is 0.183 e. The number of nitrogens with zero attached hydrogens (tertiary/aromatic N) is 1. The minimum absolute atomic E-state index is 0.522. The molecular formula is C5H9NO2. The third-order valence-electron chi connectivity index (χ3n) is 0.820. The Balaban J connectivity index is 2.16. The molecule has 0 unspecified atom stereocenters. The fraction of sp³-hybridized carbons (Fsp3) is 0.600. The van der Waals surface area contributed by atoms with Gasteiger partial charge in [0.1, 0.15) is 6.26 Å². The summed E-state index contributed by atoms with van der Waals surface area (Å²) in [7, 11) is 0. The lowest BCUT2D eigenvalue weighted by Crippen LogP contribution is -2.14. The Bertz CT molecular complexity index is 92.4. The van der Waals surface area contributed by atoms with E-state index in [9.17, 15) is 0 Å². The summed E-state index contributed by atoms with van der Waals surface area (Å²) in [5, 5.41) is 1.64. The molecule has 0 radical (unpaired) electrons. The van der Waals surface area contributed by atoms with Gasteiger partial charge in [-0.15, -0.1) is 0 Å². The van der Waals surface area contributed by atoms with Gasteiger partial charge < -0.3 is 4.74 Å². The molecule has 0 aromatic heterocycles. The summed E-state index contributed by atoms with van der Waals surface area (Å²) in [6.07, 6.45) is 3.36. The zero-order valence-corrected chi connectivity index (χ0v) is 4.83. The SMILES string of the molecule is CCON1C=COC1. The van der Waals surface area contributed by atoms with Crippen LogP contribution in [0.5, 0.6) is 0 Å². The smallest absolute Gasteiger partial charge is 0.183 e. The molecule has 0 bridgehead atoms. The van der Waals surface area contributed by atoms with Crippen LogP contribution in [0.3, 0.4) is 0 Å². The predicted molar refractivity (Wildman–Crippen MR) is 28.6 cm³/mol. The second-order valence-electron chi connectivity index (χ2n) is 1.42. The first kappa shape index (κ1) is 5.44. The highest BCUT2D eigenvalue weighted by Crippen LogP contribution is 1.99. The Morgan fingerprint density at radius 1 is 1.88 bits per heavy atom. The van der Waals surface area contributed by atoms with E-state index < -0.39 is 0 Å². The van der Waals surface area contributed by atoms with E-state index in [0.29, 0.717) is 13.3 Å². The molecule has 0 aromatic carbocycles. The van der Waals surface area contributed by atoms with E-state index in [1.165, 1.54) is 0 Å². The molecule has 1 rings (SSSR count). The van der Waals surface area contributed by atoms with Crippen LogP contribution in [0.4, 0.5) is 0 Å². The van der Waals surface area contributed by atoms with Gasteiger partial charge in [-0.05, 0) is 6.92 Å². The van der Waals surface area contributed by atoms with Crippen molar-refractivity contribution in [2.75, 3.05) is 13.3 Å². The molecule has 0 atom stereocenters. The van der Waals surface area contributed by atoms with Gasteiger partial charge >= 0.3 is 0 Å². The molecule has 3 heteroatoms. The van der Waals surface area contributed by atoms with Gasteiger partial charge in [-0.2, -0.15) is 0 Å².